The second-order valence-electron chi connectivity index (χ2n) is 4.67. The molecule has 1 aromatic carbocycles. The predicted molar refractivity (Wildman–Crippen MR) is 75.9 cm³/mol. The van der Waals surface area contributed by atoms with Crippen LogP contribution in [0.1, 0.15) is 25.8 Å². The minimum atomic E-state index is -0.747. The monoisotopic (exact) mass is 263 g/mol. The van der Waals surface area contributed by atoms with Crippen molar-refractivity contribution < 1.29 is 4.79 Å². The molecular weight excluding hydrogens is 246 g/mol. The number of anilines is 1. The number of hydrogen-bond donors (Lipinski definition) is 2. The standard InChI is InChI=1S/C13H17N3OS/c1-4-13(3,11(14)17)16-12-15-9-7-8(2)5-6-10(9)18-12/h5-7H,4H2,1-3H3,(H2,14,17)(H,15,16). The van der Waals surface area contributed by atoms with Gasteiger partial charge in [0.2, 0.25) is 5.91 Å². The second kappa shape index (κ2) is 4.57. The molecule has 0 radical (unpaired) electrons. The molecule has 1 heterocycles. The number of fused-ring (bicyclic) bond motifs is 1. The zero-order valence-corrected chi connectivity index (χ0v) is 11.6. The van der Waals surface area contributed by atoms with Crippen molar-refractivity contribution in [1.29, 1.82) is 0 Å². The van der Waals surface area contributed by atoms with E-state index in [1.807, 2.05) is 26.0 Å². The van der Waals surface area contributed by atoms with Crippen LogP contribution in [0.2, 0.25) is 0 Å². The fourth-order valence-corrected chi connectivity index (χ4v) is 2.62. The van der Waals surface area contributed by atoms with E-state index in [4.69, 9.17) is 5.73 Å². The lowest BCUT2D eigenvalue weighted by Crippen LogP contribution is -2.47. The number of primary amides is 1. The van der Waals surface area contributed by atoms with Crippen LogP contribution in [-0.2, 0) is 4.79 Å². The largest absolute Gasteiger partial charge is 0.368 e. The van der Waals surface area contributed by atoms with Crippen LogP contribution >= 0.6 is 11.3 Å². The van der Waals surface area contributed by atoms with Crippen molar-refractivity contribution in [3.8, 4) is 0 Å². The predicted octanol–water partition coefficient (Wildman–Crippen LogP) is 2.67. The molecule has 0 aliphatic carbocycles. The fourth-order valence-electron chi connectivity index (χ4n) is 1.65. The summed E-state index contributed by atoms with van der Waals surface area (Å²) in [6.07, 6.45) is 0.622. The van der Waals surface area contributed by atoms with E-state index in [2.05, 4.69) is 16.4 Å². The summed E-state index contributed by atoms with van der Waals surface area (Å²) in [7, 11) is 0. The van der Waals surface area contributed by atoms with Crippen LogP contribution < -0.4 is 11.1 Å². The lowest BCUT2D eigenvalue weighted by molar-refractivity contribution is -0.121. The van der Waals surface area contributed by atoms with Crippen molar-refractivity contribution in [3.63, 3.8) is 0 Å². The van der Waals surface area contributed by atoms with Gasteiger partial charge in [0.25, 0.3) is 0 Å². The minimum absolute atomic E-state index is 0.361. The van der Waals surface area contributed by atoms with E-state index in [0.717, 1.165) is 15.3 Å². The van der Waals surface area contributed by atoms with Crippen molar-refractivity contribution in [2.24, 2.45) is 5.73 Å². The van der Waals surface area contributed by atoms with Gasteiger partial charge in [-0.25, -0.2) is 4.98 Å². The molecule has 96 valence electrons. The van der Waals surface area contributed by atoms with Crippen LogP contribution in [0.25, 0.3) is 10.2 Å². The Hall–Kier alpha value is -1.62. The number of thiazole rings is 1. The molecule has 1 atom stereocenters. The summed E-state index contributed by atoms with van der Waals surface area (Å²) in [4.78, 5) is 16.0. The Morgan fingerprint density at radius 3 is 2.89 bits per heavy atom. The van der Waals surface area contributed by atoms with Crippen LogP contribution in [0.5, 0.6) is 0 Å². The van der Waals surface area contributed by atoms with Crippen molar-refractivity contribution in [1.82, 2.24) is 4.98 Å². The molecule has 0 saturated carbocycles. The van der Waals surface area contributed by atoms with Gasteiger partial charge in [-0.05, 0) is 38.0 Å². The van der Waals surface area contributed by atoms with Gasteiger partial charge in [-0.15, -0.1) is 0 Å². The Balaban J connectivity index is 2.35. The molecule has 4 nitrogen and oxygen atoms in total. The van der Waals surface area contributed by atoms with E-state index in [9.17, 15) is 4.79 Å². The Labute approximate surface area is 110 Å². The summed E-state index contributed by atoms with van der Waals surface area (Å²) in [5.74, 6) is -0.361. The molecule has 3 N–H and O–H groups in total. The van der Waals surface area contributed by atoms with Crippen molar-refractivity contribution in [3.05, 3.63) is 23.8 Å². The number of amides is 1. The zero-order chi connectivity index (χ0) is 13.3. The number of carbonyl (C=O) groups excluding carboxylic acids is 1. The summed E-state index contributed by atoms with van der Waals surface area (Å²) in [6.45, 7) is 5.76. The Kier molecular flexibility index (Phi) is 3.26. The number of nitrogens with two attached hydrogens (primary N) is 1. The van der Waals surface area contributed by atoms with E-state index in [1.165, 1.54) is 16.9 Å². The van der Waals surface area contributed by atoms with E-state index < -0.39 is 5.54 Å². The maximum Gasteiger partial charge on any atom is 0.242 e. The third kappa shape index (κ3) is 2.31. The van der Waals surface area contributed by atoms with E-state index in [-0.39, 0.29) is 5.91 Å². The third-order valence-electron chi connectivity index (χ3n) is 3.18. The Bertz CT molecular complexity index is 593. The first kappa shape index (κ1) is 12.8. The quantitative estimate of drug-likeness (QED) is 0.891. The molecule has 1 amide bonds. The van der Waals surface area contributed by atoms with Crippen LogP contribution in [0.3, 0.4) is 0 Å². The molecular formula is C13H17N3OS. The van der Waals surface area contributed by atoms with Gasteiger partial charge in [0, 0.05) is 0 Å². The van der Waals surface area contributed by atoms with Gasteiger partial charge in [0.1, 0.15) is 5.54 Å². The SMILES string of the molecule is CCC(C)(Nc1nc2cc(C)ccc2s1)C(N)=O. The molecule has 0 aliphatic heterocycles. The highest BCUT2D eigenvalue weighted by Gasteiger charge is 2.29. The molecule has 18 heavy (non-hydrogen) atoms. The molecule has 2 rings (SSSR count). The van der Waals surface area contributed by atoms with Crippen LogP contribution in [0.15, 0.2) is 18.2 Å². The van der Waals surface area contributed by atoms with Gasteiger partial charge in [-0.1, -0.05) is 24.3 Å². The Morgan fingerprint density at radius 2 is 2.28 bits per heavy atom. The number of benzene rings is 1. The number of carbonyl (C=O) groups is 1. The number of rotatable bonds is 4. The number of hydrogen-bond acceptors (Lipinski definition) is 4. The van der Waals surface area contributed by atoms with Gasteiger partial charge >= 0.3 is 0 Å². The van der Waals surface area contributed by atoms with Crippen LogP contribution in [0.4, 0.5) is 5.13 Å². The first-order valence-electron chi connectivity index (χ1n) is 5.90. The average molecular weight is 263 g/mol. The second-order valence-corrected chi connectivity index (χ2v) is 5.70. The highest BCUT2D eigenvalue weighted by atomic mass is 32.1. The average Bonchev–Trinajstić information content (AvgIpc) is 2.69. The van der Waals surface area contributed by atoms with Crippen molar-refractivity contribution >= 4 is 32.6 Å². The third-order valence-corrected chi connectivity index (χ3v) is 4.13. The molecule has 1 unspecified atom stereocenters. The highest BCUT2D eigenvalue weighted by Crippen LogP contribution is 2.29. The summed E-state index contributed by atoms with van der Waals surface area (Å²) in [5.41, 5.74) is 6.80. The molecule has 0 fully saturated rings. The van der Waals surface area contributed by atoms with Gasteiger partial charge < -0.3 is 11.1 Å². The van der Waals surface area contributed by atoms with Crippen LogP contribution in [-0.4, -0.2) is 16.4 Å². The maximum atomic E-state index is 11.5. The number of aryl methyl sites for hydroxylation is 1. The van der Waals surface area contributed by atoms with Gasteiger partial charge in [0.15, 0.2) is 5.13 Å². The minimum Gasteiger partial charge on any atom is -0.368 e. The zero-order valence-electron chi connectivity index (χ0n) is 10.8. The fraction of sp³-hybridized carbons (Fsp3) is 0.385. The first-order valence-corrected chi connectivity index (χ1v) is 6.71. The number of nitrogens with zero attached hydrogens (tertiary/aromatic N) is 1. The van der Waals surface area contributed by atoms with Gasteiger partial charge in [0.05, 0.1) is 10.2 Å². The lowest BCUT2D eigenvalue weighted by atomic mass is 9.99. The molecule has 0 spiro atoms. The van der Waals surface area contributed by atoms with Crippen molar-refractivity contribution in [2.45, 2.75) is 32.7 Å². The number of aromatic nitrogens is 1. The van der Waals surface area contributed by atoms with Gasteiger partial charge in [-0.3, -0.25) is 4.79 Å². The molecule has 0 saturated heterocycles. The highest BCUT2D eigenvalue weighted by molar-refractivity contribution is 7.22. The summed E-state index contributed by atoms with van der Waals surface area (Å²) < 4.78 is 1.10. The first-order chi connectivity index (χ1) is 8.44. The topological polar surface area (TPSA) is 68.0 Å². The van der Waals surface area contributed by atoms with E-state index in [0.29, 0.717) is 6.42 Å². The van der Waals surface area contributed by atoms with Crippen molar-refractivity contribution in [2.75, 3.05) is 5.32 Å². The lowest BCUT2D eigenvalue weighted by Gasteiger charge is -2.25. The summed E-state index contributed by atoms with van der Waals surface area (Å²) >= 11 is 1.54. The Morgan fingerprint density at radius 1 is 1.56 bits per heavy atom. The molecule has 0 aliphatic rings. The van der Waals surface area contributed by atoms with E-state index >= 15 is 0 Å². The smallest absolute Gasteiger partial charge is 0.242 e. The van der Waals surface area contributed by atoms with Crippen LogP contribution in [0, 0.1) is 6.92 Å². The molecule has 2 aromatic rings. The molecule has 0 bridgehead atoms. The maximum absolute atomic E-state index is 11.5. The normalized spacial score (nSPS) is 14.4. The van der Waals surface area contributed by atoms with Gasteiger partial charge in [-0.2, -0.15) is 0 Å². The molecule has 1 aromatic heterocycles. The molecule has 5 heteroatoms. The summed E-state index contributed by atoms with van der Waals surface area (Å²) in [6, 6.07) is 6.13. The summed E-state index contributed by atoms with van der Waals surface area (Å²) in [5, 5.41) is 3.88. The number of nitrogens with one attached hydrogen (secondary N) is 1. The van der Waals surface area contributed by atoms with E-state index in [1.54, 1.807) is 6.92 Å².